The summed E-state index contributed by atoms with van der Waals surface area (Å²) in [5.41, 5.74) is 0. The molecule has 0 aromatic carbocycles. The average Bonchev–Trinajstić information content (AvgIpc) is 1.88. The van der Waals surface area contributed by atoms with Crippen molar-refractivity contribution < 1.29 is 18.9 Å². The number of nitrogens with zero attached hydrogens (tertiary/aromatic N) is 1. The maximum absolute atomic E-state index is 4.26. The summed E-state index contributed by atoms with van der Waals surface area (Å²) in [7, 11) is -1.17. The van der Waals surface area contributed by atoms with Crippen molar-refractivity contribution in [3.05, 3.63) is 6.55 Å². The molecule has 0 radical (unpaired) electrons. The van der Waals surface area contributed by atoms with Gasteiger partial charge in [-0.25, -0.2) is 0 Å². The fraction of sp³-hybridized carbons (Fsp3) is 0.875. The second kappa shape index (κ2) is 4.72. The maximum Gasteiger partial charge on any atom is 1.00 e. The van der Waals surface area contributed by atoms with E-state index >= 15 is 0 Å². The standard InChI is InChI=1S/C8H18NSi.Li/c1-10(2,3)9-7-5-4-6-8-9;/h1,4-8H2,2-3H3;/q-1;+1. The molecule has 1 aliphatic heterocycles. The molecule has 1 saturated heterocycles. The van der Waals surface area contributed by atoms with Crippen molar-refractivity contribution in [2.24, 2.45) is 0 Å². The molecule has 1 heterocycles. The van der Waals surface area contributed by atoms with Gasteiger partial charge >= 0.3 is 18.9 Å². The largest absolute Gasteiger partial charge is 1.00 e. The molecule has 60 valence electrons. The van der Waals surface area contributed by atoms with Crippen LogP contribution in [0.25, 0.3) is 0 Å². The molecule has 0 bridgehead atoms. The van der Waals surface area contributed by atoms with Crippen LogP contribution in [-0.4, -0.2) is 25.9 Å². The second-order valence-corrected chi connectivity index (χ2v) is 8.12. The molecule has 0 aromatic rings. The zero-order valence-electron chi connectivity index (χ0n) is 8.19. The molecule has 1 fully saturated rings. The Kier molecular flexibility index (Phi) is 5.05. The Morgan fingerprint density at radius 1 is 1.09 bits per heavy atom. The molecule has 11 heavy (non-hydrogen) atoms. The molecule has 0 aromatic heterocycles. The summed E-state index contributed by atoms with van der Waals surface area (Å²) in [6, 6.07) is 0. The van der Waals surface area contributed by atoms with Crippen LogP contribution in [0.2, 0.25) is 13.1 Å². The minimum absolute atomic E-state index is 0. The van der Waals surface area contributed by atoms with E-state index in [0.29, 0.717) is 0 Å². The molecule has 3 heteroatoms. The Labute approximate surface area is 83.8 Å². The minimum Gasteiger partial charge on any atom is -0.351 e. The monoisotopic (exact) mass is 163 g/mol. The quantitative estimate of drug-likeness (QED) is 0.356. The topological polar surface area (TPSA) is 3.24 Å². The Morgan fingerprint density at radius 2 is 1.55 bits per heavy atom. The molecule has 0 N–H and O–H groups in total. The van der Waals surface area contributed by atoms with Crippen LogP contribution in [0, 0.1) is 6.55 Å². The van der Waals surface area contributed by atoms with Crippen molar-refractivity contribution in [2.75, 3.05) is 13.1 Å². The van der Waals surface area contributed by atoms with Crippen LogP contribution in [0.15, 0.2) is 0 Å². The summed E-state index contributed by atoms with van der Waals surface area (Å²) in [4.78, 5) is 0. The predicted molar refractivity (Wildman–Crippen MR) is 48.3 cm³/mol. The van der Waals surface area contributed by atoms with Crippen LogP contribution >= 0.6 is 0 Å². The van der Waals surface area contributed by atoms with Gasteiger partial charge in [0.15, 0.2) is 0 Å². The van der Waals surface area contributed by atoms with E-state index in [4.69, 9.17) is 0 Å². The van der Waals surface area contributed by atoms with E-state index in [1.807, 2.05) is 0 Å². The Hall–Kier alpha value is 0.774. The van der Waals surface area contributed by atoms with Crippen molar-refractivity contribution in [1.82, 2.24) is 4.57 Å². The van der Waals surface area contributed by atoms with Gasteiger partial charge in [0.1, 0.15) is 0 Å². The van der Waals surface area contributed by atoms with Gasteiger partial charge in [0.25, 0.3) is 0 Å². The zero-order valence-corrected chi connectivity index (χ0v) is 9.19. The summed E-state index contributed by atoms with van der Waals surface area (Å²) in [5.74, 6) is 0. The van der Waals surface area contributed by atoms with Crippen molar-refractivity contribution in [1.29, 1.82) is 0 Å². The van der Waals surface area contributed by atoms with E-state index in [2.05, 4.69) is 24.2 Å². The van der Waals surface area contributed by atoms with Crippen molar-refractivity contribution in [3.8, 4) is 0 Å². The number of piperidine rings is 1. The third-order valence-corrected chi connectivity index (χ3v) is 4.37. The molecule has 0 amide bonds. The maximum atomic E-state index is 4.26. The van der Waals surface area contributed by atoms with Crippen LogP contribution in [0.4, 0.5) is 0 Å². The Balaban J connectivity index is 0.000001000. The van der Waals surface area contributed by atoms with Crippen molar-refractivity contribution in [2.45, 2.75) is 32.4 Å². The van der Waals surface area contributed by atoms with E-state index < -0.39 is 8.24 Å². The van der Waals surface area contributed by atoms with Crippen molar-refractivity contribution >= 4 is 8.24 Å². The van der Waals surface area contributed by atoms with E-state index in [0.717, 1.165) is 0 Å². The number of rotatable bonds is 1. The fourth-order valence-corrected chi connectivity index (χ4v) is 3.03. The zero-order chi connectivity index (χ0) is 7.61. The van der Waals surface area contributed by atoms with Gasteiger partial charge in [-0.2, -0.15) is 0 Å². The summed E-state index contributed by atoms with van der Waals surface area (Å²) in [6.45, 7) is 11.5. The SMILES string of the molecule is [CH2-][Si](C)(C)N1CCCCC1.[Li+]. The van der Waals surface area contributed by atoms with E-state index in [1.54, 1.807) is 0 Å². The second-order valence-electron chi connectivity index (χ2n) is 3.86. The molecule has 0 saturated carbocycles. The smallest absolute Gasteiger partial charge is 0.351 e. The van der Waals surface area contributed by atoms with E-state index in [1.165, 1.54) is 32.4 Å². The van der Waals surface area contributed by atoms with Crippen LogP contribution in [-0.2, 0) is 0 Å². The first-order valence-electron chi connectivity index (χ1n) is 4.21. The van der Waals surface area contributed by atoms with Gasteiger partial charge in [0.05, 0.1) is 0 Å². The van der Waals surface area contributed by atoms with Crippen molar-refractivity contribution in [3.63, 3.8) is 0 Å². The van der Waals surface area contributed by atoms with Gasteiger partial charge in [-0.05, 0) is 34.2 Å². The fourth-order valence-electron chi connectivity index (χ4n) is 1.50. The van der Waals surface area contributed by atoms with Gasteiger partial charge in [0.2, 0.25) is 0 Å². The van der Waals surface area contributed by atoms with Gasteiger partial charge in [-0.1, -0.05) is 19.5 Å². The van der Waals surface area contributed by atoms with E-state index in [9.17, 15) is 0 Å². The van der Waals surface area contributed by atoms with Gasteiger partial charge in [0, 0.05) is 0 Å². The third-order valence-electron chi connectivity index (χ3n) is 2.21. The summed E-state index contributed by atoms with van der Waals surface area (Å²) in [5, 5.41) is 0. The molecule has 0 atom stereocenters. The molecule has 0 spiro atoms. The molecule has 0 unspecified atom stereocenters. The molecule has 0 aliphatic carbocycles. The average molecular weight is 163 g/mol. The molecular formula is C8H18LiNSi. The Morgan fingerprint density at radius 3 is 1.82 bits per heavy atom. The normalized spacial score (nSPS) is 21.0. The summed E-state index contributed by atoms with van der Waals surface area (Å²) >= 11 is 0. The van der Waals surface area contributed by atoms with Crippen LogP contribution in [0.3, 0.4) is 0 Å². The van der Waals surface area contributed by atoms with Gasteiger partial charge in [-0.15, -0.1) is 0 Å². The minimum atomic E-state index is -1.17. The molecule has 1 rings (SSSR count). The Bertz CT molecular complexity index is 105. The van der Waals surface area contributed by atoms with Crippen LogP contribution < -0.4 is 18.9 Å². The van der Waals surface area contributed by atoms with Gasteiger partial charge < -0.3 is 11.1 Å². The van der Waals surface area contributed by atoms with Crippen LogP contribution in [0.1, 0.15) is 19.3 Å². The number of hydrogen-bond donors (Lipinski definition) is 0. The molecular weight excluding hydrogens is 145 g/mol. The molecule has 1 aliphatic rings. The summed E-state index contributed by atoms with van der Waals surface area (Å²) in [6.07, 6.45) is 4.22. The van der Waals surface area contributed by atoms with E-state index in [-0.39, 0.29) is 18.9 Å². The van der Waals surface area contributed by atoms with Crippen LogP contribution in [0.5, 0.6) is 0 Å². The number of hydrogen-bond acceptors (Lipinski definition) is 1. The third kappa shape index (κ3) is 3.80. The molecule has 1 nitrogen and oxygen atoms in total. The summed E-state index contributed by atoms with van der Waals surface area (Å²) < 4.78 is 2.61. The first-order chi connectivity index (χ1) is 4.61. The predicted octanol–water partition coefficient (Wildman–Crippen LogP) is -0.945. The van der Waals surface area contributed by atoms with Gasteiger partial charge in [-0.3, -0.25) is 0 Å². The first kappa shape index (κ1) is 11.8. The first-order valence-corrected chi connectivity index (χ1v) is 7.36.